The number of hydrogen-bond acceptors (Lipinski definition) is 5. The highest BCUT2D eigenvalue weighted by atomic mass is 16.5. The van der Waals surface area contributed by atoms with Crippen molar-refractivity contribution < 1.29 is 24.9 Å². The Bertz CT molecular complexity index is 687. The second-order valence-electron chi connectivity index (χ2n) is 4.30. The summed E-state index contributed by atoms with van der Waals surface area (Å²) in [7, 11) is 1.29. The van der Waals surface area contributed by atoms with Crippen molar-refractivity contribution in [3.63, 3.8) is 0 Å². The molecule has 0 heterocycles. The third kappa shape index (κ3) is 3.14. The number of aromatic hydroxyl groups is 3. The van der Waals surface area contributed by atoms with Gasteiger partial charge in [-0.15, -0.1) is 0 Å². The van der Waals surface area contributed by atoms with Crippen molar-refractivity contribution in [3.8, 4) is 23.0 Å². The van der Waals surface area contributed by atoms with Crippen LogP contribution in [-0.4, -0.2) is 28.2 Å². The lowest BCUT2D eigenvalue weighted by Crippen LogP contribution is -1.97. The van der Waals surface area contributed by atoms with Crippen LogP contribution < -0.4 is 4.74 Å². The third-order valence-corrected chi connectivity index (χ3v) is 2.90. The molecule has 3 N–H and O–H groups in total. The van der Waals surface area contributed by atoms with Gasteiger partial charge in [0.15, 0.2) is 17.3 Å². The van der Waals surface area contributed by atoms with Gasteiger partial charge in [-0.2, -0.15) is 0 Å². The van der Waals surface area contributed by atoms with Gasteiger partial charge in [0.05, 0.1) is 12.7 Å². The van der Waals surface area contributed by atoms with E-state index in [1.807, 2.05) is 0 Å². The van der Waals surface area contributed by atoms with Crippen molar-refractivity contribution >= 4 is 11.9 Å². The summed E-state index contributed by atoms with van der Waals surface area (Å²) < 4.78 is 4.84. The van der Waals surface area contributed by atoms with Crippen LogP contribution in [0.2, 0.25) is 0 Å². The lowest BCUT2D eigenvalue weighted by atomic mass is 10.1. The summed E-state index contributed by atoms with van der Waals surface area (Å²) in [6, 6.07) is 8.90. The van der Waals surface area contributed by atoms with E-state index in [1.54, 1.807) is 18.2 Å². The number of carbonyl (C=O) groups is 1. The van der Waals surface area contributed by atoms with Gasteiger partial charge in [-0.1, -0.05) is 18.2 Å². The fraction of sp³-hybridized carbons (Fsp3) is 0.0625. The molecule has 0 spiro atoms. The van der Waals surface area contributed by atoms with Gasteiger partial charge in [-0.05, 0) is 35.9 Å². The number of hydrogen-bond donors (Lipinski definition) is 3. The largest absolute Gasteiger partial charge is 0.508 e. The Morgan fingerprint density at radius 2 is 1.71 bits per heavy atom. The van der Waals surface area contributed by atoms with Crippen molar-refractivity contribution in [3.05, 3.63) is 53.6 Å². The van der Waals surface area contributed by atoms with Gasteiger partial charge >= 0.3 is 0 Å². The molecule has 108 valence electrons. The van der Waals surface area contributed by atoms with Crippen molar-refractivity contribution in [1.29, 1.82) is 0 Å². The van der Waals surface area contributed by atoms with Gasteiger partial charge in [0.2, 0.25) is 5.75 Å². The number of ether oxygens (including phenoxy) is 1. The summed E-state index contributed by atoms with van der Waals surface area (Å²) >= 11 is 0. The lowest BCUT2D eigenvalue weighted by Gasteiger charge is -2.08. The highest BCUT2D eigenvalue weighted by molar-refractivity contribution is 6.09. The Balaban J connectivity index is 2.26. The van der Waals surface area contributed by atoms with Gasteiger partial charge < -0.3 is 20.1 Å². The molecule has 0 atom stereocenters. The third-order valence-electron chi connectivity index (χ3n) is 2.90. The molecule has 0 amide bonds. The smallest absolute Gasteiger partial charge is 0.203 e. The van der Waals surface area contributed by atoms with Gasteiger partial charge in [0, 0.05) is 0 Å². The molecule has 5 heteroatoms. The minimum absolute atomic E-state index is 0.0275. The van der Waals surface area contributed by atoms with E-state index in [4.69, 9.17) is 4.74 Å². The molecule has 0 fully saturated rings. The summed E-state index contributed by atoms with van der Waals surface area (Å²) in [5.74, 6) is -1.08. The monoisotopic (exact) mass is 286 g/mol. The molecule has 2 aromatic rings. The molecule has 0 unspecified atom stereocenters. The Hall–Kier alpha value is -2.95. The number of benzene rings is 2. The van der Waals surface area contributed by atoms with E-state index in [9.17, 15) is 20.1 Å². The second kappa shape index (κ2) is 6.00. The highest BCUT2D eigenvalue weighted by Crippen LogP contribution is 2.38. The van der Waals surface area contributed by atoms with Crippen LogP contribution in [0.5, 0.6) is 23.0 Å². The maximum absolute atomic E-state index is 12.1. The lowest BCUT2D eigenvalue weighted by molar-refractivity contribution is 0.104. The minimum atomic E-state index is -0.432. The predicted octanol–water partition coefficient (Wildman–Crippen LogP) is 2.71. The molecule has 0 aliphatic heterocycles. The molecule has 0 saturated carbocycles. The average molecular weight is 286 g/mol. The van der Waals surface area contributed by atoms with Crippen LogP contribution in [0.15, 0.2) is 42.5 Å². The van der Waals surface area contributed by atoms with Crippen molar-refractivity contribution in [1.82, 2.24) is 0 Å². The first kappa shape index (κ1) is 14.5. The van der Waals surface area contributed by atoms with Crippen molar-refractivity contribution in [2.45, 2.75) is 0 Å². The number of carbonyl (C=O) groups excluding carboxylic acids is 1. The minimum Gasteiger partial charge on any atom is -0.508 e. The predicted molar refractivity (Wildman–Crippen MR) is 77.8 cm³/mol. The Morgan fingerprint density at radius 1 is 1.05 bits per heavy atom. The molecule has 2 aromatic carbocycles. The molecule has 0 saturated heterocycles. The summed E-state index contributed by atoms with van der Waals surface area (Å²) in [6.45, 7) is 0. The molecule has 0 aromatic heterocycles. The van der Waals surface area contributed by atoms with Gasteiger partial charge in [-0.3, -0.25) is 4.79 Å². The second-order valence-corrected chi connectivity index (χ2v) is 4.30. The number of rotatable bonds is 4. The first-order chi connectivity index (χ1) is 10.0. The quantitative estimate of drug-likeness (QED) is 0.594. The maximum atomic E-state index is 12.1. The van der Waals surface area contributed by atoms with Crippen LogP contribution in [0.25, 0.3) is 6.08 Å². The SMILES string of the molecule is COc1c(O)ccc(C(=O)C=Cc2ccc(O)cc2)c1O. The number of phenolic OH excluding ortho intramolecular Hbond substituents is 3. The molecule has 0 aliphatic rings. The Morgan fingerprint density at radius 3 is 2.33 bits per heavy atom. The summed E-state index contributed by atoms with van der Waals surface area (Å²) in [6.07, 6.45) is 2.85. The normalized spacial score (nSPS) is 10.7. The zero-order valence-electron chi connectivity index (χ0n) is 11.3. The summed E-state index contributed by atoms with van der Waals surface area (Å²) in [4.78, 5) is 12.1. The molecule has 0 bridgehead atoms. The van der Waals surface area contributed by atoms with Gasteiger partial charge in [0.25, 0.3) is 0 Å². The number of ketones is 1. The number of methoxy groups -OCH3 is 1. The molecule has 0 aliphatic carbocycles. The van der Waals surface area contributed by atoms with Crippen molar-refractivity contribution in [2.24, 2.45) is 0 Å². The zero-order valence-corrected chi connectivity index (χ0v) is 11.3. The van der Waals surface area contributed by atoms with Crippen molar-refractivity contribution in [2.75, 3.05) is 7.11 Å². The standard InChI is InChI=1S/C16H14O5/c1-21-16-14(19)9-7-12(15(16)20)13(18)8-4-10-2-5-11(17)6-3-10/h2-9,17,19-20H,1H3. The van der Waals surface area contributed by atoms with Crippen LogP contribution in [0.1, 0.15) is 15.9 Å². The molecular weight excluding hydrogens is 272 g/mol. The highest BCUT2D eigenvalue weighted by Gasteiger charge is 2.16. The average Bonchev–Trinajstić information content (AvgIpc) is 2.47. The zero-order chi connectivity index (χ0) is 15.4. The van der Waals surface area contributed by atoms with E-state index in [-0.39, 0.29) is 22.8 Å². The van der Waals surface area contributed by atoms with E-state index >= 15 is 0 Å². The van der Waals surface area contributed by atoms with E-state index in [1.165, 1.54) is 37.5 Å². The van der Waals surface area contributed by atoms with E-state index in [2.05, 4.69) is 0 Å². The number of phenols is 3. The molecule has 0 radical (unpaired) electrons. The maximum Gasteiger partial charge on any atom is 0.203 e. The van der Waals surface area contributed by atoms with Gasteiger partial charge in [0.1, 0.15) is 5.75 Å². The number of allylic oxidation sites excluding steroid dienone is 1. The molecule has 2 rings (SSSR count). The van der Waals surface area contributed by atoms with Crippen LogP contribution >= 0.6 is 0 Å². The fourth-order valence-electron chi connectivity index (χ4n) is 1.81. The van der Waals surface area contributed by atoms with Crippen LogP contribution in [0, 0.1) is 0 Å². The first-order valence-electron chi connectivity index (χ1n) is 6.13. The molecule has 5 nitrogen and oxygen atoms in total. The van der Waals surface area contributed by atoms with Crippen LogP contribution in [0.3, 0.4) is 0 Å². The Labute approximate surface area is 121 Å². The van der Waals surface area contributed by atoms with Crippen LogP contribution in [-0.2, 0) is 0 Å². The van der Waals surface area contributed by atoms with E-state index in [0.29, 0.717) is 0 Å². The van der Waals surface area contributed by atoms with E-state index in [0.717, 1.165) is 5.56 Å². The Kier molecular flexibility index (Phi) is 4.13. The van der Waals surface area contributed by atoms with Crippen LogP contribution in [0.4, 0.5) is 0 Å². The molecule has 21 heavy (non-hydrogen) atoms. The summed E-state index contributed by atoms with van der Waals surface area (Å²) in [5, 5.41) is 28.6. The van der Waals surface area contributed by atoms with E-state index < -0.39 is 11.5 Å². The van der Waals surface area contributed by atoms with Gasteiger partial charge in [-0.25, -0.2) is 0 Å². The fourth-order valence-corrected chi connectivity index (χ4v) is 1.81. The first-order valence-corrected chi connectivity index (χ1v) is 6.13. The molecular formula is C16H14O5. The topological polar surface area (TPSA) is 87.0 Å². The summed E-state index contributed by atoms with van der Waals surface area (Å²) in [5.41, 5.74) is 0.756.